The van der Waals surface area contributed by atoms with Gasteiger partial charge in [-0.2, -0.15) is 0 Å². The molecule has 0 saturated carbocycles. The van der Waals surface area contributed by atoms with E-state index in [1.54, 1.807) is 0 Å². The van der Waals surface area contributed by atoms with Crippen molar-refractivity contribution < 1.29 is 9.53 Å². The average molecular weight is 375 g/mol. The summed E-state index contributed by atoms with van der Waals surface area (Å²) in [5.74, 6) is 0.936. The molecule has 1 fully saturated rings. The van der Waals surface area contributed by atoms with Crippen molar-refractivity contribution in [2.24, 2.45) is 0 Å². The minimum atomic E-state index is -0.0672. The van der Waals surface area contributed by atoms with Gasteiger partial charge in [-0.3, -0.25) is 4.79 Å². The van der Waals surface area contributed by atoms with E-state index in [1.807, 2.05) is 48.5 Å². The molecule has 2 aromatic rings. The van der Waals surface area contributed by atoms with Crippen LogP contribution in [0.1, 0.15) is 17.5 Å². The fourth-order valence-electron chi connectivity index (χ4n) is 2.53. The first-order valence-electron chi connectivity index (χ1n) is 7.68. The van der Waals surface area contributed by atoms with Gasteiger partial charge in [0.1, 0.15) is 12.4 Å². The van der Waals surface area contributed by atoms with E-state index >= 15 is 0 Å². The molecule has 1 heterocycles. The van der Waals surface area contributed by atoms with Gasteiger partial charge >= 0.3 is 0 Å². The maximum Gasteiger partial charge on any atom is 0.237 e. The van der Waals surface area contributed by atoms with Crippen LogP contribution in [0.3, 0.4) is 0 Å². The number of benzene rings is 2. The van der Waals surface area contributed by atoms with E-state index in [0.29, 0.717) is 13.2 Å². The van der Waals surface area contributed by atoms with Gasteiger partial charge in [0.2, 0.25) is 5.91 Å². The van der Waals surface area contributed by atoms with Crippen molar-refractivity contribution >= 4 is 21.8 Å². The summed E-state index contributed by atoms with van der Waals surface area (Å²) in [7, 11) is 0. The van der Waals surface area contributed by atoms with Crippen molar-refractivity contribution in [1.82, 2.24) is 10.6 Å². The zero-order valence-corrected chi connectivity index (χ0v) is 14.3. The van der Waals surface area contributed by atoms with Gasteiger partial charge in [0.15, 0.2) is 0 Å². The summed E-state index contributed by atoms with van der Waals surface area (Å²) in [6, 6.07) is 16.0. The monoisotopic (exact) mass is 374 g/mol. The van der Waals surface area contributed by atoms with Crippen LogP contribution in [0.25, 0.3) is 0 Å². The van der Waals surface area contributed by atoms with Crippen LogP contribution in [0.2, 0.25) is 0 Å². The van der Waals surface area contributed by atoms with Gasteiger partial charge in [-0.25, -0.2) is 0 Å². The topological polar surface area (TPSA) is 50.4 Å². The second-order valence-corrected chi connectivity index (χ2v) is 6.49. The van der Waals surface area contributed by atoms with Crippen molar-refractivity contribution in [2.75, 3.05) is 6.54 Å². The molecular formula is C18H19BrN2O2. The molecule has 2 N–H and O–H groups in total. The average Bonchev–Trinajstić information content (AvgIpc) is 2.97. The molecule has 1 saturated heterocycles. The van der Waals surface area contributed by atoms with Gasteiger partial charge in [0, 0.05) is 17.6 Å². The van der Waals surface area contributed by atoms with Gasteiger partial charge in [-0.1, -0.05) is 40.2 Å². The third-order valence-corrected chi connectivity index (χ3v) is 4.31. The van der Waals surface area contributed by atoms with E-state index in [0.717, 1.165) is 34.3 Å². The van der Waals surface area contributed by atoms with E-state index in [1.165, 1.54) is 0 Å². The smallest absolute Gasteiger partial charge is 0.237 e. The van der Waals surface area contributed by atoms with Gasteiger partial charge in [0.25, 0.3) is 0 Å². The fraction of sp³-hybridized carbons (Fsp3) is 0.278. The Hall–Kier alpha value is -1.85. The lowest BCUT2D eigenvalue weighted by molar-refractivity contribution is -0.120. The summed E-state index contributed by atoms with van der Waals surface area (Å²) >= 11 is 3.46. The Bertz CT molecular complexity index is 673. The van der Waals surface area contributed by atoms with Crippen LogP contribution in [-0.2, 0) is 17.9 Å². The minimum absolute atomic E-state index is 0.0672. The Balaban J connectivity index is 1.49. The van der Waals surface area contributed by atoms with E-state index in [9.17, 15) is 4.79 Å². The molecule has 0 aromatic heterocycles. The molecule has 23 heavy (non-hydrogen) atoms. The summed E-state index contributed by atoms with van der Waals surface area (Å²) in [6.45, 7) is 1.99. The molecule has 1 amide bonds. The van der Waals surface area contributed by atoms with Crippen LogP contribution in [0.4, 0.5) is 0 Å². The molecule has 1 aliphatic rings. The summed E-state index contributed by atoms with van der Waals surface area (Å²) in [4.78, 5) is 11.5. The molecular weight excluding hydrogens is 356 g/mol. The number of amides is 1. The molecule has 1 atom stereocenters. The maximum absolute atomic E-state index is 11.5. The summed E-state index contributed by atoms with van der Waals surface area (Å²) < 4.78 is 6.84. The van der Waals surface area contributed by atoms with Crippen molar-refractivity contribution in [1.29, 1.82) is 0 Å². The highest BCUT2D eigenvalue weighted by molar-refractivity contribution is 9.10. The first-order valence-corrected chi connectivity index (χ1v) is 8.47. The van der Waals surface area contributed by atoms with Gasteiger partial charge in [-0.15, -0.1) is 0 Å². The van der Waals surface area contributed by atoms with Crippen molar-refractivity contribution in [3.63, 3.8) is 0 Å². The van der Waals surface area contributed by atoms with Gasteiger partial charge in [-0.05, 0) is 41.8 Å². The lowest BCUT2D eigenvalue weighted by Crippen LogP contribution is -2.35. The highest BCUT2D eigenvalue weighted by Crippen LogP contribution is 2.17. The largest absolute Gasteiger partial charge is 0.489 e. The lowest BCUT2D eigenvalue weighted by Gasteiger charge is -2.11. The number of halogens is 1. The maximum atomic E-state index is 11.5. The number of hydrogen-bond donors (Lipinski definition) is 2. The Morgan fingerprint density at radius 2 is 2.00 bits per heavy atom. The van der Waals surface area contributed by atoms with Crippen molar-refractivity contribution in [3.8, 4) is 5.75 Å². The Kier molecular flexibility index (Phi) is 5.31. The summed E-state index contributed by atoms with van der Waals surface area (Å²) in [5, 5.41) is 6.10. The number of carbonyl (C=O) groups is 1. The molecule has 0 aliphatic carbocycles. The predicted molar refractivity (Wildman–Crippen MR) is 93.2 cm³/mol. The molecule has 120 valence electrons. The summed E-state index contributed by atoms with van der Waals surface area (Å²) in [6.07, 6.45) is 0.854. The van der Waals surface area contributed by atoms with Crippen LogP contribution in [0.5, 0.6) is 5.75 Å². The van der Waals surface area contributed by atoms with Crippen LogP contribution in [0, 0.1) is 0 Å². The predicted octanol–water partition coefficient (Wildman–Crippen LogP) is 3.01. The minimum Gasteiger partial charge on any atom is -0.489 e. The molecule has 0 radical (unpaired) electrons. The number of nitrogens with one attached hydrogen (secondary N) is 2. The summed E-state index contributed by atoms with van der Waals surface area (Å²) in [5.41, 5.74) is 2.26. The van der Waals surface area contributed by atoms with E-state index in [-0.39, 0.29) is 11.9 Å². The van der Waals surface area contributed by atoms with Crippen molar-refractivity contribution in [3.05, 3.63) is 64.1 Å². The molecule has 5 heteroatoms. The highest BCUT2D eigenvalue weighted by atomic mass is 79.9. The van der Waals surface area contributed by atoms with Crippen LogP contribution < -0.4 is 15.4 Å². The molecule has 4 nitrogen and oxygen atoms in total. The van der Waals surface area contributed by atoms with Crippen LogP contribution >= 0.6 is 15.9 Å². The van der Waals surface area contributed by atoms with Gasteiger partial charge < -0.3 is 15.4 Å². The number of rotatable bonds is 6. The Morgan fingerprint density at radius 3 is 2.70 bits per heavy atom. The fourth-order valence-corrected chi connectivity index (χ4v) is 2.97. The van der Waals surface area contributed by atoms with Crippen LogP contribution in [0.15, 0.2) is 53.0 Å². The van der Waals surface area contributed by atoms with Crippen LogP contribution in [-0.4, -0.2) is 18.5 Å². The van der Waals surface area contributed by atoms with E-state index in [4.69, 9.17) is 4.74 Å². The normalized spacial score (nSPS) is 17.1. The lowest BCUT2D eigenvalue weighted by atomic mass is 10.2. The third-order valence-electron chi connectivity index (χ3n) is 3.82. The van der Waals surface area contributed by atoms with Gasteiger partial charge in [0.05, 0.1) is 6.04 Å². The SMILES string of the molecule is O=C1NCCC1NCc1ccc(OCc2cccc(Br)c2)cc1. The molecule has 1 aliphatic heterocycles. The first kappa shape index (κ1) is 16.0. The second-order valence-electron chi connectivity index (χ2n) is 5.58. The quantitative estimate of drug-likeness (QED) is 0.816. The number of hydrogen-bond acceptors (Lipinski definition) is 3. The first-order chi connectivity index (χ1) is 11.2. The van der Waals surface area contributed by atoms with Crippen molar-refractivity contribution in [2.45, 2.75) is 25.6 Å². The third kappa shape index (κ3) is 4.56. The zero-order chi connectivity index (χ0) is 16.1. The molecule has 1 unspecified atom stereocenters. The number of carbonyl (C=O) groups excluding carboxylic acids is 1. The second kappa shape index (κ2) is 7.62. The van der Waals surface area contributed by atoms with E-state index in [2.05, 4.69) is 26.6 Å². The number of ether oxygens (including phenoxy) is 1. The Labute approximate surface area is 144 Å². The molecule has 0 bridgehead atoms. The molecule has 0 spiro atoms. The van der Waals surface area contributed by atoms with E-state index < -0.39 is 0 Å². The zero-order valence-electron chi connectivity index (χ0n) is 12.7. The molecule has 3 rings (SSSR count). The Morgan fingerprint density at radius 1 is 1.17 bits per heavy atom. The highest BCUT2D eigenvalue weighted by Gasteiger charge is 2.22. The molecule has 2 aromatic carbocycles. The standard InChI is InChI=1S/C18H19BrN2O2/c19-15-3-1-2-14(10-15)12-23-16-6-4-13(5-7-16)11-21-17-8-9-20-18(17)22/h1-7,10,17,21H,8-9,11-12H2,(H,20,22).